The molecule has 2 atom stereocenters. The lowest BCUT2D eigenvalue weighted by Crippen LogP contribution is -2.59. The zero-order valence-corrected chi connectivity index (χ0v) is 14.8. The van der Waals surface area contributed by atoms with Crippen LogP contribution in [-0.4, -0.2) is 55.1 Å². The summed E-state index contributed by atoms with van der Waals surface area (Å²) in [4.78, 5) is 5.16. The Morgan fingerprint density at radius 3 is 2.38 bits per heavy atom. The van der Waals surface area contributed by atoms with Crippen LogP contribution in [0.4, 0.5) is 0 Å². The molecule has 3 heteroatoms. The van der Waals surface area contributed by atoms with Crippen LogP contribution in [-0.2, 0) is 0 Å². The van der Waals surface area contributed by atoms with E-state index in [1.165, 1.54) is 58.0 Å². The molecule has 0 aromatic heterocycles. The molecule has 3 nitrogen and oxygen atoms in total. The minimum atomic E-state index is 0.315. The lowest BCUT2D eigenvalue weighted by atomic mass is 9.71. The SMILES string of the molecule is CC(C)CC1CCCC(CN)(N2CCC(N(C)C)CC2)C1. The minimum Gasteiger partial charge on any atom is -0.329 e. The number of rotatable bonds is 5. The predicted octanol–water partition coefficient (Wildman–Crippen LogP) is 2.95. The normalized spacial score (nSPS) is 33.0. The Balaban J connectivity index is 1.97. The van der Waals surface area contributed by atoms with Crippen molar-refractivity contribution in [1.82, 2.24) is 9.80 Å². The molecule has 0 radical (unpaired) electrons. The molecule has 0 amide bonds. The minimum absolute atomic E-state index is 0.315. The van der Waals surface area contributed by atoms with Crippen LogP contribution in [0.15, 0.2) is 0 Å². The lowest BCUT2D eigenvalue weighted by Gasteiger charge is -2.51. The zero-order valence-electron chi connectivity index (χ0n) is 14.8. The largest absolute Gasteiger partial charge is 0.329 e. The summed E-state index contributed by atoms with van der Waals surface area (Å²) in [5.41, 5.74) is 6.62. The molecule has 0 aromatic rings. The van der Waals surface area contributed by atoms with Crippen molar-refractivity contribution in [3.8, 4) is 0 Å². The summed E-state index contributed by atoms with van der Waals surface area (Å²) in [6, 6.07) is 0.770. The number of likely N-dealkylation sites (tertiary alicyclic amines) is 1. The molecule has 1 aliphatic heterocycles. The van der Waals surface area contributed by atoms with E-state index in [0.29, 0.717) is 5.54 Å². The van der Waals surface area contributed by atoms with Crippen LogP contribution in [0.3, 0.4) is 0 Å². The average Bonchev–Trinajstić information content (AvgIpc) is 2.46. The van der Waals surface area contributed by atoms with Crippen molar-refractivity contribution in [2.24, 2.45) is 17.6 Å². The number of piperidine rings is 1. The molecular formula is C18H37N3. The van der Waals surface area contributed by atoms with E-state index in [-0.39, 0.29) is 0 Å². The highest BCUT2D eigenvalue weighted by molar-refractivity contribution is 4.98. The van der Waals surface area contributed by atoms with E-state index in [0.717, 1.165) is 24.4 Å². The van der Waals surface area contributed by atoms with Crippen LogP contribution in [0.1, 0.15) is 58.8 Å². The number of hydrogen-bond donors (Lipinski definition) is 1. The highest BCUT2D eigenvalue weighted by Crippen LogP contribution is 2.40. The third-order valence-electron chi connectivity index (χ3n) is 5.97. The molecule has 1 saturated carbocycles. The van der Waals surface area contributed by atoms with Gasteiger partial charge in [-0.05, 0) is 58.0 Å². The Morgan fingerprint density at radius 1 is 1.19 bits per heavy atom. The van der Waals surface area contributed by atoms with Gasteiger partial charge in [-0.2, -0.15) is 0 Å². The maximum absolute atomic E-state index is 6.30. The fourth-order valence-electron chi connectivity index (χ4n) is 4.79. The maximum Gasteiger partial charge on any atom is 0.0334 e. The van der Waals surface area contributed by atoms with Crippen molar-refractivity contribution in [2.45, 2.75) is 70.4 Å². The zero-order chi connectivity index (χ0) is 15.5. The second-order valence-electron chi connectivity index (χ2n) is 8.20. The first-order chi connectivity index (χ1) is 9.97. The molecule has 0 aromatic carbocycles. The van der Waals surface area contributed by atoms with Crippen LogP contribution in [0.5, 0.6) is 0 Å². The molecule has 2 fully saturated rings. The Kier molecular flexibility index (Phi) is 6.10. The van der Waals surface area contributed by atoms with Crippen molar-refractivity contribution in [2.75, 3.05) is 33.7 Å². The highest BCUT2D eigenvalue weighted by atomic mass is 15.2. The van der Waals surface area contributed by atoms with Gasteiger partial charge in [-0.25, -0.2) is 0 Å². The van der Waals surface area contributed by atoms with E-state index in [4.69, 9.17) is 5.73 Å². The van der Waals surface area contributed by atoms with Crippen LogP contribution in [0.2, 0.25) is 0 Å². The van der Waals surface area contributed by atoms with Crippen LogP contribution >= 0.6 is 0 Å². The maximum atomic E-state index is 6.30. The van der Waals surface area contributed by atoms with E-state index in [1.54, 1.807) is 0 Å². The van der Waals surface area contributed by atoms with Crippen molar-refractivity contribution in [3.05, 3.63) is 0 Å². The Labute approximate surface area is 132 Å². The third kappa shape index (κ3) is 4.20. The third-order valence-corrected chi connectivity index (χ3v) is 5.97. The van der Waals surface area contributed by atoms with Gasteiger partial charge < -0.3 is 10.6 Å². The summed E-state index contributed by atoms with van der Waals surface area (Å²) in [5.74, 6) is 1.72. The van der Waals surface area contributed by atoms with Gasteiger partial charge in [-0.1, -0.05) is 26.7 Å². The van der Waals surface area contributed by atoms with Gasteiger partial charge in [0.2, 0.25) is 0 Å². The van der Waals surface area contributed by atoms with Gasteiger partial charge in [0.25, 0.3) is 0 Å². The molecule has 1 aliphatic carbocycles. The predicted molar refractivity (Wildman–Crippen MR) is 91.5 cm³/mol. The van der Waals surface area contributed by atoms with Gasteiger partial charge >= 0.3 is 0 Å². The first-order valence-electron chi connectivity index (χ1n) is 9.08. The fourth-order valence-corrected chi connectivity index (χ4v) is 4.79. The van der Waals surface area contributed by atoms with Gasteiger partial charge in [0.1, 0.15) is 0 Å². The molecule has 0 bridgehead atoms. The first-order valence-corrected chi connectivity index (χ1v) is 9.08. The van der Waals surface area contributed by atoms with E-state index >= 15 is 0 Å². The molecule has 21 heavy (non-hydrogen) atoms. The summed E-state index contributed by atoms with van der Waals surface area (Å²) in [6.45, 7) is 8.07. The summed E-state index contributed by atoms with van der Waals surface area (Å²) in [6.07, 6.45) is 9.47. The van der Waals surface area contributed by atoms with Crippen molar-refractivity contribution in [1.29, 1.82) is 0 Å². The monoisotopic (exact) mass is 295 g/mol. The molecule has 2 rings (SSSR count). The Hall–Kier alpha value is -0.120. The van der Waals surface area contributed by atoms with Crippen LogP contribution in [0.25, 0.3) is 0 Å². The summed E-state index contributed by atoms with van der Waals surface area (Å²) >= 11 is 0. The molecule has 0 spiro atoms. The topological polar surface area (TPSA) is 32.5 Å². The van der Waals surface area contributed by atoms with Gasteiger partial charge in [-0.15, -0.1) is 0 Å². The summed E-state index contributed by atoms with van der Waals surface area (Å²) in [7, 11) is 4.44. The molecule has 1 saturated heterocycles. The van der Waals surface area contributed by atoms with Gasteiger partial charge in [0, 0.05) is 31.2 Å². The van der Waals surface area contributed by atoms with E-state index in [9.17, 15) is 0 Å². The van der Waals surface area contributed by atoms with E-state index < -0.39 is 0 Å². The molecule has 2 unspecified atom stereocenters. The smallest absolute Gasteiger partial charge is 0.0334 e. The fraction of sp³-hybridized carbons (Fsp3) is 1.00. The Morgan fingerprint density at radius 2 is 1.86 bits per heavy atom. The van der Waals surface area contributed by atoms with Crippen molar-refractivity contribution >= 4 is 0 Å². The van der Waals surface area contributed by atoms with Gasteiger partial charge in [-0.3, -0.25) is 4.90 Å². The van der Waals surface area contributed by atoms with Crippen LogP contribution in [0, 0.1) is 11.8 Å². The van der Waals surface area contributed by atoms with E-state index in [2.05, 4.69) is 37.7 Å². The Bertz CT molecular complexity index is 308. The van der Waals surface area contributed by atoms with Gasteiger partial charge in [0.05, 0.1) is 0 Å². The number of hydrogen-bond acceptors (Lipinski definition) is 3. The first kappa shape index (κ1) is 17.2. The van der Waals surface area contributed by atoms with Crippen molar-refractivity contribution in [3.63, 3.8) is 0 Å². The average molecular weight is 296 g/mol. The van der Waals surface area contributed by atoms with E-state index in [1.807, 2.05) is 0 Å². The van der Waals surface area contributed by atoms with Crippen molar-refractivity contribution < 1.29 is 0 Å². The quantitative estimate of drug-likeness (QED) is 0.846. The number of nitrogens with two attached hydrogens (primary N) is 1. The lowest BCUT2D eigenvalue weighted by molar-refractivity contribution is 0.00211. The number of nitrogens with zero attached hydrogens (tertiary/aromatic N) is 2. The van der Waals surface area contributed by atoms with Gasteiger partial charge in [0.15, 0.2) is 0 Å². The molecular weight excluding hydrogens is 258 g/mol. The highest BCUT2D eigenvalue weighted by Gasteiger charge is 2.41. The standard InChI is InChI=1S/C18H37N3/c1-15(2)12-16-6-5-9-18(13-16,14-19)21-10-7-17(8-11-21)20(3)4/h15-17H,5-14,19H2,1-4H3. The van der Waals surface area contributed by atoms with Crippen LogP contribution < -0.4 is 5.73 Å². The molecule has 2 aliphatic rings. The second kappa shape index (κ2) is 7.43. The summed E-state index contributed by atoms with van der Waals surface area (Å²) in [5, 5.41) is 0. The summed E-state index contributed by atoms with van der Waals surface area (Å²) < 4.78 is 0. The second-order valence-corrected chi connectivity index (χ2v) is 8.20. The molecule has 124 valence electrons. The molecule has 1 heterocycles. The molecule has 2 N–H and O–H groups in total.